The second-order valence-corrected chi connectivity index (χ2v) is 18.2. The highest BCUT2D eigenvalue weighted by Crippen LogP contribution is 2.42. The lowest BCUT2D eigenvalue weighted by molar-refractivity contribution is -0.154. The van der Waals surface area contributed by atoms with E-state index in [1.54, 1.807) is 81.4 Å². The third kappa shape index (κ3) is 13.1. The SMILES string of the molecule is CC(C)(C)OC(=O)NC(COC(=O)Nc1ccc(CC(=O)N[C@@H]2C(=O)N3C(C(=O)OC(c4ccccc4)c4ccccc4)=C(COC(N)=O)CS[C@H]23)cc1)C(=O)OC(c1ccccc1)c1ccccc1. The number of β-lactam (4-membered cyclic amide) rings is 1. The lowest BCUT2D eigenvalue weighted by atomic mass is 10.0. The van der Waals surface area contributed by atoms with Crippen LogP contribution in [0.15, 0.2) is 157 Å². The first-order valence-electron chi connectivity index (χ1n) is 22.2. The largest absolute Gasteiger partial charge is 0.451 e. The third-order valence-electron chi connectivity index (χ3n) is 10.7. The first-order valence-corrected chi connectivity index (χ1v) is 23.2. The van der Waals surface area contributed by atoms with E-state index in [-0.39, 0.29) is 30.2 Å². The van der Waals surface area contributed by atoms with Crippen LogP contribution in [0.1, 0.15) is 60.8 Å². The van der Waals surface area contributed by atoms with Crippen LogP contribution in [0.25, 0.3) is 0 Å². The average molecular weight is 970 g/mol. The van der Waals surface area contributed by atoms with Crippen molar-refractivity contribution in [2.24, 2.45) is 5.73 Å². The minimum atomic E-state index is -1.46. The summed E-state index contributed by atoms with van der Waals surface area (Å²) in [7, 11) is 0. The Balaban J connectivity index is 0.957. The van der Waals surface area contributed by atoms with Crippen molar-refractivity contribution in [2.75, 3.05) is 24.3 Å². The monoisotopic (exact) mass is 969 g/mol. The number of rotatable bonds is 17. The topological polar surface area (TPSA) is 231 Å². The van der Waals surface area contributed by atoms with Crippen LogP contribution in [-0.2, 0) is 49.3 Å². The highest BCUT2D eigenvalue weighted by atomic mass is 32.2. The lowest BCUT2D eigenvalue weighted by Crippen LogP contribution is -2.70. The number of amides is 5. The Labute approximate surface area is 408 Å². The molecule has 0 aromatic heterocycles. The van der Waals surface area contributed by atoms with Crippen molar-refractivity contribution >= 4 is 59.5 Å². The molecular formula is C52H51N5O12S. The molecule has 17 nitrogen and oxygen atoms in total. The number of hydrogen-bond donors (Lipinski definition) is 4. The van der Waals surface area contributed by atoms with Gasteiger partial charge in [-0.05, 0) is 60.7 Å². The number of esters is 2. The van der Waals surface area contributed by atoms with Gasteiger partial charge in [0, 0.05) is 17.0 Å². The predicted molar refractivity (Wildman–Crippen MR) is 257 cm³/mol. The van der Waals surface area contributed by atoms with Gasteiger partial charge in [0.25, 0.3) is 5.91 Å². The first-order chi connectivity index (χ1) is 33.6. The maximum atomic E-state index is 14.1. The summed E-state index contributed by atoms with van der Waals surface area (Å²) in [6, 6.07) is 40.1. The predicted octanol–water partition coefficient (Wildman–Crippen LogP) is 7.09. The molecule has 5 amide bonds. The molecule has 1 unspecified atom stereocenters. The molecule has 70 heavy (non-hydrogen) atoms. The number of carbonyl (C=O) groups is 7. The molecule has 2 heterocycles. The van der Waals surface area contributed by atoms with Crippen molar-refractivity contribution < 1.29 is 57.2 Å². The standard InChI is InChI=1S/C52H51N5O12S/c1-52(2,3)69-51(64)55-39(47(60)67-43(33-16-8-4-9-17-33)34-18-10-5-11-19-34)30-66-50(63)54-38-26-24-32(25-27-38)28-40(58)56-41-45(59)57-42(37(29-65-49(53)62)31-70-46(41)57)48(61)68-44(35-20-12-6-13-21-35)36-22-14-7-15-23-36/h4-27,39,41,43-44,46H,28-31H2,1-3H3,(H2,53,62)(H,54,63)(H,55,64)(H,56,58)/t39?,41-,46-/m1/s1. The van der Waals surface area contributed by atoms with Gasteiger partial charge in [0.2, 0.25) is 5.91 Å². The van der Waals surface area contributed by atoms with Gasteiger partial charge in [0.1, 0.15) is 35.9 Å². The number of thioether (sulfide) groups is 1. The van der Waals surface area contributed by atoms with Crippen molar-refractivity contribution in [1.29, 1.82) is 0 Å². The Bertz CT molecular complexity index is 2620. The smallest absolute Gasteiger partial charge is 0.411 e. The zero-order valence-corrected chi connectivity index (χ0v) is 39.2. The van der Waals surface area contributed by atoms with Crippen molar-refractivity contribution in [3.05, 3.63) is 185 Å². The Morgan fingerprint density at radius 3 is 1.71 bits per heavy atom. The van der Waals surface area contributed by atoms with Gasteiger partial charge in [-0.3, -0.25) is 19.8 Å². The zero-order valence-electron chi connectivity index (χ0n) is 38.4. The van der Waals surface area contributed by atoms with E-state index in [4.69, 9.17) is 29.4 Å². The number of nitrogens with two attached hydrogens (primary N) is 1. The van der Waals surface area contributed by atoms with Gasteiger partial charge in [-0.1, -0.05) is 133 Å². The van der Waals surface area contributed by atoms with Crippen LogP contribution in [0.4, 0.5) is 20.1 Å². The summed E-state index contributed by atoms with van der Waals surface area (Å²) in [5, 5.41) is 7.12. The van der Waals surface area contributed by atoms with Crippen LogP contribution in [0.3, 0.4) is 0 Å². The number of hydrogen-bond acceptors (Lipinski definition) is 13. The normalized spacial score (nSPS) is 15.7. The van der Waals surface area contributed by atoms with Crippen LogP contribution in [0.2, 0.25) is 0 Å². The molecule has 5 aromatic carbocycles. The molecule has 0 spiro atoms. The molecule has 0 radical (unpaired) electrons. The fourth-order valence-corrected chi connectivity index (χ4v) is 8.85. The molecule has 7 rings (SSSR count). The van der Waals surface area contributed by atoms with E-state index in [1.165, 1.54) is 28.8 Å². The molecule has 0 bridgehead atoms. The summed E-state index contributed by atoms with van der Waals surface area (Å²) in [4.78, 5) is 93.6. The first kappa shape index (κ1) is 49.8. The molecule has 3 atom stereocenters. The molecule has 18 heteroatoms. The van der Waals surface area contributed by atoms with Crippen LogP contribution >= 0.6 is 11.8 Å². The maximum absolute atomic E-state index is 14.1. The summed E-state index contributed by atoms with van der Waals surface area (Å²) in [5.41, 5.74) is 8.14. The number of primary amides is 1. The molecule has 2 aliphatic rings. The Hall–Kier alpha value is -8.12. The number of nitrogens with one attached hydrogen (secondary N) is 3. The number of alkyl carbamates (subject to hydrolysis) is 1. The van der Waals surface area contributed by atoms with Crippen LogP contribution in [0.5, 0.6) is 0 Å². The minimum Gasteiger partial charge on any atom is -0.451 e. The van der Waals surface area contributed by atoms with Crippen LogP contribution in [-0.4, -0.2) is 89.0 Å². The number of nitrogens with zero attached hydrogens (tertiary/aromatic N) is 1. The molecule has 1 fully saturated rings. The van der Waals surface area contributed by atoms with Crippen molar-refractivity contribution in [1.82, 2.24) is 15.5 Å². The van der Waals surface area contributed by atoms with Gasteiger partial charge in [-0.25, -0.2) is 24.0 Å². The van der Waals surface area contributed by atoms with E-state index in [1.807, 2.05) is 72.8 Å². The number of anilines is 1. The molecule has 5 N–H and O–H groups in total. The summed E-state index contributed by atoms with van der Waals surface area (Å²) in [6.07, 6.45) is -4.75. The number of ether oxygens (including phenoxy) is 5. The van der Waals surface area contributed by atoms with Gasteiger partial charge >= 0.3 is 30.2 Å². The van der Waals surface area contributed by atoms with Crippen molar-refractivity contribution in [3.63, 3.8) is 0 Å². The Kier molecular flexibility index (Phi) is 16.2. The third-order valence-corrected chi connectivity index (χ3v) is 12.1. The van der Waals surface area contributed by atoms with E-state index in [0.717, 1.165) is 0 Å². The Morgan fingerprint density at radius 1 is 0.700 bits per heavy atom. The molecule has 362 valence electrons. The van der Waals surface area contributed by atoms with Gasteiger partial charge in [0.15, 0.2) is 18.2 Å². The molecule has 5 aromatic rings. The van der Waals surface area contributed by atoms with Crippen molar-refractivity contribution in [2.45, 2.75) is 62.5 Å². The zero-order chi connectivity index (χ0) is 49.8. The number of fused-ring (bicyclic) bond motifs is 1. The lowest BCUT2D eigenvalue weighted by Gasteiger charge is -2.49. The van der Waals surface area contributed by atoms with Crippen LogP contribution in [0, 0.1) is 0 Å². The fourth-order valence-electron chi connectivity index (χ4n) is 7.52. The highest BCUT2D eigenvalue weighted by molar-refractivity contribution is 8.00. The highest BCUT2D eigenvalue weighted by Gasteiger charge is 2.54. The maximum Gasteiger partial charge on any atom is 0.411 e. The van der Waals surface area contributed by atoms with Gasteiger partial charge in [-0.15, -0.1) is 11.8 Å². The second-order valence-electron chi connectivity index (χ2n) is 17.1. The quantitative estimate of drug-likeness (QED) is 0.0415. The molecule has 0 aliphatic carbocycles. The Morgan fingerprint density at radius 2 is 1.21 bits per heavy atom. The summed E-state index contributed by atoms with van der Waals surface area (Å²) in [5.74, 6) is -2.58. The second kappa shape index (κ2) is 22.8. The summed E-state index contributed by atoms with van der Waals surface area (Å²) in [6.45, 7) is 4.01. The van der Waals surface area contributed by atoms with Gasteiger partial charge in [-0.2, -0.15) is 0 Å². The molecule has 0 saturated carbocycles. The number of carbonyl (C=O) groups excluding carboxylic acids is 7. The van der Waals surface area contributed by atoms with Gasteiger partial charge in [0.05, 0.1) is 6.42 Å². The summed E-state index contributed by atoms with van der Waals surface area (Å²) >= 11 is 1.27. The fraction of sp³-hybridized carbons (Fsp3) is 0.250. The van der Waals surface area contributed by atoms with E-state index in [0.29, 0.717) is 33.4 Å². The van der Waals surface area contributed by atoms with E-state index in [9.17, 15) is 33.6 Å². The van der Waals surface area contributed by atoms with E-state index >= 15 is 0 Å². The van der Waals surface area contributed by atoms with E-state index in [2.05, 4.69) is 16.0 Å². The van der Waals surface area contributed by atoms with Crippen molar-refractivity contribution in [3.8, 4) is 0 Å². The average Bonchev–Trinajstić information content (AvgIpc) is 3.35. The molecule has 1 saturated heterocycles. The number of benzene rings is 5. The summed E-state index contributed by atoms with van der Waals surface area (Å²) < 4.78 is 27.8. The van der Waals surface area contributed by atoms with E-state index < -0.39 is 83.9 Å². The molecular weight excluding hydrogens is 919 g/mol. The molecule has 2 aliphatic heterocycles. The van der Waals surface area contributed by atoms with Gasteiger partial charge < -0.3 is 40.1 Å². The minimum absolute atomic E-state index is 0.0894. The van der Waals surface area contributed by atoms with Crippen LogP contribution < -0.4 is 21.7 Å².